The zero-order valence-electron chi connectivity index (χ0n) is 19.9. The third-order valence-corrected chi connectivity index (χ3v) is 6.95. The smallest absolute Gasteiger partial charge is 0.253 e. The van der Waals surface area contributed by atoms with Crippen molar-refractivity contribution >= 4 is 17.2 Å². The van der Waals surface area contributed by atoms with Gasteiger partial charge in [0.05, 0.1) is 24.1 Å². The number of nitrogens with one attached hydrogen (secondary N) is 1. The van der Waals surface area contributed by atoms with Crippen LogP contribution in [0.1, 0.15) is 73.1 Å². The van der Waals surface area contributed by atoms with Gasteiger partial charge in [-0.05, 0) is 63.9 Å². The fourth-order valence-electron chi connectivity index (χ4n) is 4.51. The Bertz CT molecular complexity index is 1080. The molecule has 2 aromatic heterocycles. The van der Waals surface area contributed by atoms with Crippen molar-refractivity contribution < 1.29 is 14.3 Å². The van der Waals surface area contributed by atoms with Crippen LogP contribution in [0.15, 0.2) is 35.7 Å². The summed E-state index contributed by atoms with van der Waals surface area (Å²) >= 11 is 1.59. The number of methoxy groups -OCH3 is 1. The number of aromatic nitrogens is 2. The van der Waals surface area contributed by atoms with Gasteiger partial charge in [0.1, 0.15) is 23.1 Å². The molecule has 1 aliphatic rings. The first-order chi connectivity index (χ1) is 16.0. The number of hydrogen-bond donors (Lipinski definition) is 1. The van der Waals surface area contributed by atoms with E-state index in [-0.39, 0.29) is 11.9 Å². The minimum absolute atomic E-state index is 0.0170. The highest BCUT2D eigenvalue weighted by Gasteiger charge is 2.26. The lowest BCUT2D eigenvalue weighted by molar-refractivity contribution is 0.0942. The average molecular weight is 468 g/mol. The summed E-state index contributed by atoms with van der Waals surface area (Å²) in [4.78, 5) is 17.8. The summed E-state index contributed by atoms with van der Waals surface area (Å²) in [5.41, 5.74) is 3.71. The van der Waals surface area contributed by atoms with Gasteiger partial charge < -0.3 is 19.4 Å². The van der Waals surface area contributed by atoms with Gasteiger partial charge in [-0.3, -0.25) is 4.79 Å². The lowest BCUT2D eigenvalue weighted by Crippen LogP contribution is -2.30. The second kappa shape index (κ2) is 10.4. The monoisotopic (exact) mass is 467 g/mol. The predicted molar refractivity (Wildman–Crippen MR) is 132 cm³/mol. The molecule has 33 heavy (non-hydrogen) atoms. The van der Waals surface area contributed by atoms with Crippen LogP contribution in [0.3, 0.4) is 0 Å². The van der Waals surface area contributed by atoms with Gasteiger partial charge in [0.15, 0.2) is 0 Å². The quantitative estimate of drug-likeness (QED) is 0.431. The van der Waals surface area contributed by atoms with Gasteiger partial charge in [0.2, 0.25) is 0 Å². The van der Waals surface area contributed by atoms with Crippen molar-refractivity contribution in [2.24, 2.45) is 0 Å². The number of nitrogens with zero attached hydrogens (tertiary/aromatic N) is 2. The molecule has 1 aliphatic carbocycles. The molecule has 1 aromatic carbocycles. The van der Waals surface area contributed by atoms with Gasteiger partial charge in [0, 0.05) is 23.2 Å². The Morgan fingerprint density at radius 1 is 1.18 bits per heavy atom. The molecule has 2 heterocycles. The maximum atomic E-state index is 12.9. The van der Waals surface area contributed by atoms with Crippen molar-refractivity contribution in [1.29, 1.82) is 0 Å². The maximum absolute atomic E-state index is 12.9. The van der Waals surface area contributed by atoms with Gasteiger partial charge in [-0.15, -0.1) is 11.3 Å². The Morgan fingerprint density at radius 3 is 2.55 bits per heavy atom. The standard InChI is InChI=1S/C26H33N3O3S/c1-17(2)27-26(30)22-14-24(29(18(22)3)19-8-6-5-7-9-19)23-16-33-25(28-23)15-32-21-12-10-20(31-4)11-13-21/h10-14,16-17,19H,5-9,15H2,1-4H3,(H,27,30). The summed E-state index contributed by atoms with van der Waals surface area (Å²) in [5.74, 6) is 1.56. The summed E-state index contributed by atoms with van der Waals surface area (Å²) < 4.78 is 13.5. The molecule has 0 saturated heterocycles. The first-order valence-corrected chi connectivity index (χ1v) is 12.6. The molecule has 7 heteroatoms. The van der Waals surface area contributed by atoms with Gasteiger partial charge >= 0.3 is 0 Å². The van der Waals surface area contributed by atoms with Crippen molar-refractivity contribution in [3.63, 3.8) is 0 Å². The molecular formula is C26H33N3O3S. The van der Waals surface area contributed by atoms with Crippen LogP contribution in [0, 0.1) is 6.92 Å². The zero-order valence-corrected chi connectivity index (χ0v) is 20.7. The molecule has 0 unspecified atom stereocenters. The molecule has 1 N–H and O–H groups in total. The third kappa shape index (κ3) is 5.41. The second-order valence-electron chi connectivity index (χ2n) is 8.91. The first kappa shape index (κ1) is 23.4. The number of carbonyl (C=O) groups is 1. The Balaban J connectivity index is 1.59. The molecular weight excluding hydrogens is 434 g/mol. The van der Waals surface area contributed by atoms with E-state index in [9.17, 15) is 4.79 Å². The SMILES string of the molecule is COc1ccc(OCc2nc(-c3cc(C(=O)NC(C)C)c(C)n3C3CCCCC3)cs2)cc1. The lowest BCUT2D eigenvalue weighted by Gasteiger charge is -2.27. The summed E-state index contributed by atoms with van der Waals surface area (Å²) in [6.45, 7) is 6.44. The highest BCUT2D eigenvalue weighted by molar-refractivity contribution is 7.09. The molecule has 0 spiro atoms. The molecule has 1 fully saturated rings. The number of thiazole rings is 1. The second-order valence-corrected chi connectivity index (χ2v) is 9.85. The van der Waals surface area contributed by atoms with E-state index < -0.39 is 0 Å². The number of rotatable bonds is 8. The Morgan fingerprint density at radius 2 is 1.88 bits per heavy atom. The number of hydrogen-bond acceptors (Lipinski definition) is 5. The third-order valence-electron chi connectivity index (χ3n) is 6.13. The normalized spacial score (nSPS) is 14.5. The van der Waals surface area contributed by atoms with Crippen LogP contribution in [0.25, 0.3) is 11.4 Å². The number of ether oxygens (including phenoxy) is 2. The molecule has 0 aliphatic heterocycles. The largest absolute Gasteiger partial charge is 0.497 e. The van der Waals surface area contributed by atoms with Crippen molar-refractivity contribution in [2.75, 3.05) is 7.11 Å². The van der Waals surface area contributed by atoms with E-state index in [2.05, 4.69) is 22.2 Å². The van der Waals surface area contributed by atoms with Gasteiger partial charge in [-0.2, -0.15) is 0 Å². The molecule has 3 aromatic rings. The van der Waals surface area contributed by atoms with Gasteiger partial charge in [-0.25, -0.2) is 4.98 Å². The van der Waals surface area contributed by atoms with Crippen LogP contribution >= 0.6 is 11.3 Å². The minimum Gasteiger partial charge on any atom is -0.497 e. The molecule has 4 rings (SSSR count). The van der Waals surface area contributed by atoms with E-state index in [1.807, 2.05) is 44.2 Å². The molecule has 0 radical (unpaired) electrons. The topological polar surface area (TPSA) is 65.4 Å². The van der Waals surface area contributed by atoms with Gasteiger partial charge in [0.25, 0.3) is 5.91 Å². The summed E-state index contributed by atoms with van der Waals surface area (Å²) in [6.07, 6.45) is 6.04. The molecule has 6 nitrogen and oxygen atoms in total. The molecule has 176 valence electrons. The zero-order chi connectivity index (χ0) is 23.4. The van der Waals surface area contributed by atoms with Crippen molar-refractivity contribution in [2.45, 2.75) is 71.6 Å². The average Bonchev–Trinajstić information content (AvgIpc) is 3.42. The lowest BCUT2D eigenvalue weighted by atomic mass is 9.95. The fraction of sp³-hybridized carbons (Fsp3) is 0.462. The molecule has 1 saturated carbocycles. The van der Waals surface area contributed by atoms with E-state index in [4.69, 9.17) is 14.5 Å². The van der Waals surface area contributed by atoms with Crippen LogP contribution < -0.4 is 14.8 Å². The maximum Gasteiger partial charge on any atom is 0.253 e. The van der Waals surface area contributed by atoms with E-state index >= 15 is 0 Å². The summed E-state index contributed by atoms with van der Waals surface area (Å²) in [7, 11) is 1.65. The summed E-state index contributed by atoms with van der Waals surface area (Å²) in [5, 5.41) is 6.03. The van der Waals surface area contributed by atoms with Crippen molar-refractivity contribution in [1.82, 2.24) is 14.9 Å². The highest BCUT2D eigenvalue weighted by Crippen LogP contribution is 2.36. The Hall–Kier alpha value is -2.80. The van der Waals surface area contributed by atoms with Crippen LogP contribution in [0.2, 0.25) is 0 Å². The number of carbonyl (C=O) groups excluding carboxylic acids is 1. The van der Waals surface area contributed by atoms with Gasteiger partial charge in [-0.1, -0.05) is 19.3 Å². The first-order valence-electron chi connectivity index (χ1n) is 11.7. The Kier molecular flexibility index (Phi) is 7.38. The van der Waals surface area contributed by atoms with Crippen molar-refractivity contribution in [3.05, 3.63) is 52.0 Å². The van der Waals surface area contributed by atoms with E-state index in [1.165, 1.54) is 19.3 Å². The van der Waals surface area contributed by atoms with Crippen LogP contribution in [0.5, 0.6) is 11.5 Å². The van der Waals surface area contributed by atoms with E-state index in [0.29, 0.717) is 12.6 Å². The summed E-state index contributed by atoms with van der Waals surface area (Å²) in [6, 6.07) is 10.1. The number of benzene rings is 1. The van der Waals surface area contributed by atoms with Crippen LogP contribution in [-0.2, 0) is 6.61 Å². The molecule has 0 bridgehead atoms. The van der Waals surface area contributed by atoms with E-state index in [1.54, 1.807) is 18.4 Å². The fourth-order valence-corrected chi connectivity index (χ4v) is 5.21. The van der Waals surface area contributed by atoms with Crippen molar-refractivity contribution in [3.8, 4) is 22.9 Å². The molecule has 1 amide bonds. The highest BCUT2D eigenvalue weighted by atomic mass is 32.1. The predicted octanol–water partition coefficient (Wildman–Crippen LogP) is 6.15. The van der Waals surface area contributed by atoms with Crippen LogP contribution in [0.4, 0.5) is 0 Å². The number of amides is 1. The Labute approximate surface area is 200 Å². The van der Waals surface area contributed by atoms with E-state index in [0.717, 1.165) is 52.0 Å². The molecule has 0 atom stereocenters. The minimum atomic E-state index is -0.0170. The van der Waals surface area contributed by atoms with Crippen LogP contribution in [-0.4, -0.2) is 28.6 Å².